The summed E-state index contributed by atoms with van der Waals surface area (Å²) in [4.78, 5) is 25.0. The summed E-state index contributed by atoms with van der Waals surface area (Å²) < 4.78 is 0. The van der Waals surface area contributed by atoms with Crippen LogP contribution in [0.4, 0.5) is 5.69 Å². The Morgan fingerprint density at radius 3 is 2.28 bits per heavy atom. The van der Waals surface area contributed by atoms with Gasteiger partial charge in [-0.3, -0.25) is 9.59 Å². The van der Waals surface area contributed by atoms with Crippen molar-refractivity contribution in [3.63, 3.8) is 0 Å². The lowest BCUT2D eigenvalue weighted by Gasteiger charge is -2.23. The molecule has 2 rings (SSSR count). The summed E-state index contributed by atoms with van der Waals surface area (Å²) in [6, 6.07) is 12.9. The normalized spacial score (nSPS) is 11.7. The molecule has 0 aliphatic rings. The molecule has 6 nitrogen and oxygen atoms in total. The number of carboxylic acids is 1. The highest BCUT2D eigenvalue weighted by atomic mass is 32.1. The highest BCUT2D eigenvalue weighted by molar-refractivity contribution is 7.80. The zero-order valence-electron chi connectivity index (χ0n) is 13.4. The van der Waals surface area contributed by atoms with Gasteiger partial charge in [-0.25, -0.2) is 0 Å². The number of carbonyl (C=O) groups excluding carboxylic acids is 1. The molecule has 0 radical (unpaired) electrons. The van der Waals surface area contributed by atoms with Crippen molar-refractivity contribution in [3.8, 4) is 11.5 Å². The highest BCUT2D eigenvalue weighted by Gasteiger charge is 2.23. The number of benzene rings is 2. The summed E-state index contributed by atoms with van der Waals surface area (Å²) in [6.07, 6.45) is 0.0237. The van der Waals surface area contributed by atoms with Crippen molar-refractivity contribution in [2.75, 3.05) is 17.2 Å². The first kappa shape index (κ1) is 18.7. The minimum absolute atomic E-state index is 0.0237. The molecule has 0 spiro atoms. The second-order valence-corrected chi connectivity index (χ2v) is 5.91. The molecular formula is C18H19NO5S. The second-order valence-electron chi connectivity index (χ2n) is 5.54. The largest absolute Gasteiger partial charge is 0.504 e. The lowest BCUT2D eigenvalue weighted by atomic mass is 9.96. The molecule has 0 bridgehead atoms. The van der Waals surface area contributed by atoms with Crippen LogP contribution in [-0.2, 0) is 9.59 Å². The van der Waals surface area contributed by atoms with Crippen LogP contribution in [0, 0.1) is 0 Å². The summed E-state index contributed by atoms with van der Waals surface area (Å²) in [5.74, 6) is -2.00. The Morgan fingerprint density at radius 2 is 1.72 bits per heavy atom. The van der Waals surface area contributed by atoms with Crippen molar-refractivity contribution >= 4 is 30.2 Å². The summed E-state index contributed by atoms with van der Waals surface area (Å²) in [7, 11) is 0. The van der Waals surface area contributed by atoms with Crippen molar-refractivity contribution < 1.29 is 24.9 Å². The fraction of sp³-hybridized carbons (Fsp3) is 0.222. The number of phenolic OH excluding ortho intramolecular Hbond substituents is 2. The molecule has 0 saturated heterocycles. The van der Waals surface area contributed by atoms with Gasteiger partial charge in [0, 0.05) is 18.0 Å². The Labute approximate surface area is 150 Å². The number of nitrogens with zero attached hydrogens (tertiary/aromatic N) is 1. The number of thiol groups is 1. The van der Waals surface area contributed by atoms with Gasteiger partial charge in [0.05, 0.1) is 0 Å². The first-order valence-corrected chi connectivity index (χ1v) is 8.25. The standard InChI is InChI=1S/C18H19NO5S/c20-15-7-6-12(8-16(15)21)13(11-25)9-17(22)19(10-18(23)24)14-4-2-1-3-5-14/h1-8,13,20-21,25H,9-11H2,(H,23,24)/t13-/m0/s1. The van der Waals surface area contributed by atoms with Crippen molar-refractivity contribution in [1.29, 1.82) is 0 Å². The molecule has 0 aromatic heterocycles. The van der Waals surface area contributed by atoms with E-state index in [2.05, 4.69) is 12.6 Å². The van der Waals surface area contributed by atoms with Crippen molar-refractivity contribution in [3.05, 3.63) is 54.1 Å². The van der Waals surface area contributed by atoms with Crippen LogP contribution in [0.1, 0.15) is 17.9 Å². The molecule has 2 aromatic rings. The van der Waals surface area contributed by atoms with Crippen LogP contribution in [0.3, 0.4) is 0 Å². The number of carbonyl (C=O) groups is 2. The molecule has 0 heterocycles. The summed E-state index contributed by atoms with van der Waals surface area (Å²) >= 11 is 4.26. The maximum atomic E-state index is 12.7. The van der Waals surface area contributed by atoms with Crippen LogP contribution >= 0.6 is 12.6 Å². The molecule has 7 heteroatoms. The molecule has 0 aliphatic heterocycles. The molecule has 0 aliphatic carbocycles. The Morgan fingerprint density at radius 1 is 1.04 bits per heavy atom. The Balaban J connectivity index is 2.22. The Hall–Kier alpha value is -2.67. The van der Waals surface area contributed by atoms with E-state index in [9.17, 15) is 19.8 Å². The van der Waals surface area contributed by atoms with Gasteiger partial charge in [-0.2, -0.15) is 12.6 Å². The number of carboxylic acid groups (broad SMARTS) is 1. The molecule has 1 amide bonds. The number of rotatable bonds is 7. The second kappa shape index (κ2) is 8.43. The number of aliphatic carboxylic acids is 1. The van der Waals surface area contributed by atoms with E-state index in [4.69, 9.17) is 5.11 Å². The van der Waals surface area contributed by atoms with Gasteiger partial charge in [0.15, 0.2) is 11.5 Å². The number of para-hydroxylation sites is 1. The zero-order valence-corrected chi connectivity index (χ0v) is 14.3. The van der Waals surface area contributed by atoms with Crippen molar-refractivity contribution in [2.45, 2.75) is 12.3 Å². The summed E-state index contributed by atoms with van der Waals surface area (Å²) in [6.45, 7) is -0.442. The van der Waals surface area contributed by atoms with Gasteiger partial charge >= 0.3 is 5.97 Å². The monoisotopic (exact) mass is 361 g/mol. The predicted octanol–water partition coefficient (Wildman–Crippen LogP) is 2.62. The average molecular weight is 361 g/mol. The number of amides is 1. The molecule has 0 unspecified atom stereocenters. The zero-order chi connectivity index (χ0) is 18.4. The third-order valence-corrected chi connectivity index (χ3v) is 4.22. The molecule has 3 N–H and O–H groups in total. The molecule has 2 aromatic carbocycles. The predicted molar refractivity (Wildman–Crippen MR) is 97.4 cm³/mol. The number of aromatic hydroxyl groups is 2. The highest BCUT2D eigenvalue weighted by Crippen LogP contribution is 2.31. The van der Waals surface area contributed by atoms with E-state index in [0.29, 0.717) is 17.0 Å². The van der Waals surface area contributed by atoms with Gasteiger partial charge in [0.1, 0.15) is 6.54 Å². The fourth-order valence-corrected chi connectivity index (χ4v) is 2.81. The number of hydrogen-bond donors (Lipinski definition) is 4. The van der Waals surface area contributed by atoms with Gasteiger partial charge in [-0.1, -0.05) is 24.3 Å². The van der Waals surface area contributed by atoms with E-state index in [1.54, 1.807) is 36.4 Å². The fourth-order valence-electron chi connectivity index (χ4n) is 2.47. The van der Waals surface area contributed by atoms with Gasteiger partial charge < -0.3 is 20.2 Å². The van der Waals surface area contributed by atoms with Crippen LogP contribution in [0.5, 0.6) is 11.5 Å². The van der Waals surface area contributed by atoms with Gasteiger partial charge in [-0.15, -0.1) is 0 Å². The van der Waals surface area contributed by atoms with Crippen molar-refractivity contribution in [1.82, 2.24) is 0 Å². The molecule has 1 atom stereocenters. The first-order valence-electron chi connectivity index (χ1n) is 7.62. The molecule has 132 valence electrons. The Kier molecular flexibility index (Phi) is 6.30. The van der Waals surface area contributed by atoms with Gasteiger partial charge in [0.2, 0.25) is 5.91 Å². The minimum atomic E-state index is -1.11. The third-order valence-electron chi connectivity index (χ3n) is 3.77. The van der Waals surface area contributed by atoms with Crippen LogP contribution in [0.2, 0.25) is 0 Å². The van der Waals surface area contributed by atoms with E-state index < -0.39 is 12.5 Å². The summed E-state index contributed by atoms with van der Waals surface area (Å²) in [5, 5.41) is 28.1. The minimum Gasteiger partial charge on any atom is -0.504 e. The number of anilines is 1. The SMILES string of the molecule is O=C(O)CN(C(=O)C[C@@H](CS)c1ccc(O)c(O)c1)c1ccccc1. The molecule has 0 saturated carbocycles. The lowest BCUT2D eigenvalue weighted by molar-refractivity contribution is -0.136. The maximum Gasteiger partial charge on any atom is 0.323 e. The summed E-state index contributed by atoms with van der Waals surface area (Å²) in [5.41, 5.74) is 1.14. The van der Waals surface area contributed by atoms with Crippen LogP contribution < -0.4 is 4.90 Å². The number of phenols is 2. The molecule has 25 heavy (non-hydrogen) atoms. The Bertz CT molecular complexity index is 750. The quantitative estimate of drug-likeness (QED) is 0.449. The van der Waals surface area contributed by atoms with Crippen molar-refractivity contribution in [2.24, 2.45) is 0 Å². The van der Waals surface area contributed by atoms with E-state index in [1.165, 1.54) is 17.0 Å². The molecular weight excluding hydrogens is 342 g/mol. The van der Waals surface area contributed by atoms with Gasteiger partial charge in [-0.05, 0) is 35.6 Å². The lowest BCUT2D eigenvalue weighted by Crippen LogP contribution is -2.36. The smallest absolute Gasteiger partial charge is 0.323 e. The first-order chi connectivity index (χ1) is 11.9. The van der Waals surface area contributed by atoms with E-state index in [0.717, 1.165) is 0 Å². The average Bonchev–Trinajstić information content (AvgIpc) is 2.60. The maximum absolute atomic E-state index is 12.7. The van der Waals surface area contributed by atoms with Gasteiger partial charge in [0.25, 0.3) is 0 Å². The van der Waals surface area contributed by atoms with Crippen LogP contribution in [-0.4, -0.2) is 39.5 Å². The van der Waals surface area contributed by atoms with Crippen LogP contribution in [0.25, 0.3) is 0 Å². The van der Waals surface area contributed by atoms with E-state index >= 15 is 0 Å². The topological polar surface area (TPSA) is 98.1 Å². The third kappa shape index (κ3) is 4.90. The molecule has 0 fully saturated rings. The van der Waals surface area contributed by atoms with E-state index in [1.807, 2.05) is 0 Å². The van der Waals surface area contributed by atoms with Crippen LogP contribution in [0.15, 0.2) is 48.5 Å². The van der Waals surface area contributed by atoms with E-state index in [-0.39, 0.29) is 29.7 Å². The number of hydrogen-bond acceptors (Lipinski definition) is 5.